The number of hydrogen-bond acceptors (Lipinski definition) is 3. The fourth-order valence-corrected chi connectivity index (χ4v) is 4.75. The van der Waals surface area contributed by atoms with Gasteiger partial charge < -0.3 is 4.90 Å². The second kappa shape index (κ2) is 6.39. The first-order valence-corrected chi connectivity index (χ1v) is 10.3. The number of fused-ring (bicyclic) bond motifs is 6. The highest BCUT2D eigenvalue weighted by molar-refractivity contribution is 6.08. The molecule has 1 atom stereocenters. The minimum Gasteiger partial charge on any atom is -0.332 e. The van der Waals surface area contributed by atoms with Gasteiger partial charge in [-0.1, -0.05) is 54.1 Å². The molecule has 0 spiro atoms. The fraction of sp³-hybridized carbons (Fsp3) is 0.111. The molecule has 0 radical (unpaired) electrons. The van der Waals surface area contributed by atoms with Crippen molar-refractivity contribution in [1.29, 1.82) is 0 Å². The van der Waals surface area contributed by atoms with Gasteiger partial charge in [-0.3, -0.25) is 4.79 Å². The van der Waals surface area contributed by atoms with Gasteiger partial charge in [0.25, 0.3) is 0 Å². The highest BCUT2D eigenvalue weighted by atomic mass is 16.1. The average Bonchev–Trinajstić information content (AvgIpc) is 2.78. The summed E-state index contributed by atoms with van der Waals surface area (Å²) in [6.45, 7) is 2.10. The zero-order chi connectivity index (χ0) is 20.2. The second-order valence-electron chi connectivity index (χ2n) is 8.08. The topological polar surface area (TPSA) is 33.2 Å². The first kappa shape index (κ1) is 17.2. The first-order valence-electron chi connectivity index (χ1n) is 10.3. The Kier molecular flexibility index (Phi) is 3.66. The number of pyridine rings is 1. The Labute approximate surface area is 175 Å². The predicted molar refractivity (Wildman–Crippen MR) is 121 cm³/mol. The van der Waals surface area contributed by atoms with Crippen molar-refractivity contribution in [3.05, 3.63) is 107 Å². The first-order chi connectivity index (χ1) is 14.7. The van der Waals surface area contributed by atoms with E-state index in [1.165, 1.54) is 5.56 Å². The second-order valence-corrected chi connectivity index (χ2v) is 8.08. The van der Waals surface area contributed by atoms with Crippen LogP contribution in [0.4, 0.5) is 5.69 Å². The summed E-state index contributed by atoms with van der Waals surface area (Å²) in [5.41, 5.74) is 8.26. The molecule has 0 N–H and O–H groups in total. The van der Waals surface area contributed by atoms with Crippen molar-refractivity contribution >= 4 is 34.1 Å². The maximum absolute atomic E-state index is 13.0. The highest BCUT2D eigenvalue weighted by Gasteiger charge is 2.38. The molecule has 0 saturated heterocycles. The molecule has 3 heteroatoms. The van der Waals surface area contributed by atoms with Gasteiger partial charge in [0.15, 0.2) is 5.78 Å². The van der Waals surface area contributed by atoms with Crippen LogP contribution in [0.15, 0.2) is 78.9 Å². The molecular formula is C27H20N2O. The van der Waals surface area contributed by atoms with Crippen LogP contribution in [-0.4, -0.2) is 10.8 Å². The molecule has 1 unspecified atom stereocenters. The van der Waals surface area contributed by atoms with E-state index in [1.54, 1.807) is 0 Å². The maximum Gasteiger partial charge on any atom is 0.167 e. The quantitative estimate of drug-likeness (QED) is 0.390. The van der Waals surface area contributed by atoms with E-state index in [-0.39, 0.29) is 11.8 Å². The van der Waals surface area contributed by atoms with E-state index in [9.17, 15) is 4.79 Å². The van der Waals surface area contributed by atoms with Crippen LogP contribution in [0.2, 0.25) is 0 Å². The van der Waals surface area contributed by atoms with Crippen molar-refractivity contribution in [1.82, 2.24) is 4.98 Å². The molecule has 2 aliphatic heterocycles. The van der Waals surface area contributed by atoms with Gasteiger partial charge in [0.05, 0.1) is 28.6 Å². The lowest BCUT2D eigenvalue weighted by molar-refractivity contribution is 0.0968. The van der Waals surface area contributed by atoms with E-state index >= 15 is 0 Å². The summed E-state index contributed by atoms with van der Waals surface area (Å²) >= 11 is 0. The average molecular weight is 388 g/mol. The number of carbonyl (C=O) groups excluding carboxylic acids is 1. The van der Waals surface area contributed by atoms with Crippen molar-refractivity contribution in [2.75, 3.05) is 4.90 Å². The molecule has 1 aromatic heterocycles. The van der Waals surface area contributed by atoms with Crippen LogP contribution in [0, 0.1) is 6.92 Å². The van der Waals surface area contributed by atoms with Gasteiger partial charge in [-0.25, -0.2) is 4.98 Å². The van der Waals surface area contributed by atoms with Crippen molar-refractivity contribution in [3.8, 4) is 0 Å². The molecule has 3 heterocycles. The Morgan fingerprint density at radius 1 is 0.933 bits per heavy atom. The summed E-state index contributed by atoms with van der Waals surface area (Å²) in [6.07, 6.45) is 2.63. The van der Waals surface area contributed by atoms with Crippen LogP contribution < -0.4 is 4.90 Å². The predicted octanol–water partition coefficient (Wildman–Crippen LogP) is 6.19. The Bertz CT molecular complexity index is 1350. The van der Waals surface area contributed by atoms with Gasteiger partial charge in [-0.2, -0.15) is 0 Å². The molecule has 0 fully saturated rings. The monoisotopic (exact) mass is 388 g/mol. The van der Waals surface area contributed by atoms with Crippen LogP contribution in [0.5, 0.6) is 0 Å². The highest BCUT2D eigenvalue weighted by Crippen LogP contribution is 2.48. The fourth-order valence-electron chi connectivity index (χ4n) is 4.75. The van der Waals surface area contributed by atoms with E-state index in [0.29, 0.717) is 6.42 Å². The molecule has 6 rings (SSSR count). The van der Waals surface area contributed by atoms with E-state index in [4.69, 9.17) is 4.98 Å². The number of benzene rings is 3. The van der Waals surface area contributed by atoms with Crippen LogP contribution >= 0.6 is 0 Å². The molecule has 30 heavy (non-hydrogen) atoms. The minimum absolute atomic E-state index is 0.0555. The Morgan fingerprint density at radius 3 is 2.60 bits per heavy atom. The Morgan fingerprint density at radius 2 is 1.73 bits per heavy atom. The number of carbonyl (C=O) groups is 1. The van der Waals surface area contributed by atoms with Gasteiger partial charge in [-0.15, -0.1) is 0 Å². The summed E-state index contributed by atoms with van der Waals surface area (Å²) in [6, 6.07) is 26.8. The normalized spacial score (nSPS) is 17.2. The van der Waals surface area contributed by atoms with E-state index in [1.807, 2.05) is 24.3 Å². The molecule has 0 aliphatic carbocycles. The lowest BCUT2D eigenvalue weighted by Gasteiger charge is -2.42. The van der Waals surface area contributed by atoms with Gasteiger partial charge in [0.2, 0.25) is 0 Å². The van der Waals surface area contributed by atoms with E-state index in [2.05, 4.69) is 72.5 Å². The van der Waals surface area contributed by atoms with E-state index in [0.717, 1.165) is 44.7 Å². The van der Waals surface area contributed by atoms with Crippen molar-refractivity contribution < 1.29 is 4.79 Å². The molecular weight excluding hydrogens is 368 g/mol. The molecule has 144 valence electrons. The molecule has 2 aliphatic rings. The zero-order valence-corrected chi connectivity index (χ0v) is 16.7. The van der Waals surface area contributed by atoms with E-state index < -0.39 is 0 Å². The lowest BCUT2D eigenvalue weighted by Crippen LogP contribution is -2.36. The number of rotatable bonds is 1. The third-order valence-corrected chi connectivity index (χ3v) is 6.15. The number of aryl methyl sites for hydroxylation is 1. The molecule has 4 aromatic rings. The number of aromatic nitrogens is 1. The molecule has 3 aromatic carbocycles. The zero-order valence-electron chi connectivity index (χ0n) is 16.7. The third kappa shape index (κ3) is 2.52. The van der Waals surface area contributed by atoms with Crippen molar-refractivity contribution in [2.24, 2.45) is 0 Å². The Balaban J connectivity index is 1.66. The van der Waals surface area contributed by atoms with Crippen molar-refractivity contribution in [3.63, 3.8) is 0 Å². The number of nitrogens with zero attached hydrogens (tertiary/aromatic N) is 2. The number of ketones is 1. The van der Waals surface area contributed by atoms with Gasteiger partial charge >= 0.3 is 0 Å². The summed E-state index contributed by atoms with van der Waals surface area (Å²) in [4.78, 5) is 20.4. The summed E-state index contributed by atoms with van der Waals surface area (Å²) < 4.78 is 0. The molecule has 3 nitrogen and oxygen atoms in total. The molecule has 0 amide bonds. The smallest absolute Gasteiger partial charge is 0.167 e. The Hall–Kier alpha value is -3.72. The SMILES string of the molecule is Cc1ccc2nc3c(cc2c1)C1CC(=O)c2ccccc2N1C(c1ccccc1)=C3. The van der Waals surface area contributed by atoms with Crippen LogP contribution in [0.1, 0.15) is 45.2 Å². The van der Waals surface area contributed by atoms with Crippen molar-refractivity contribution in [2.45, 2.75) is 19.4 Å². The van der Waals surface area contributed by atoms with Crippen LogP contribution in [0.3, 0.4) is 0 Å². The maximum atomic E-state index is 13.0. The van der Waals surface area contributed by atoms with Crippen LogP contribution in [-0.2, 0) is 0 Å². The number of anilines is 1. The minimum atomic E-state index is -0.0555. The molecule has 0 saturated carbocycles. The van der Waals surface area contributed by atoms with Gasteiger partial charge in [0.1, 0.15) is 0 Å². The summed E-state index contributed by atoms with van der Waals surface area (Å²) in [5.74, 6) is 0.191. The van der Waals surface area contributed by atoms with Gasteiger partial charge in [0, 0.05) is 22.9 Å². The van der Waals surface area contributed by atoms with Gasteiger partial charge in [-0.05, 0) is 48.9 Å². The number of para-hydroxylation sites is 1. The lowest BCUT2D eigenvalue weighted by atomic mass is 9.85. The largest absolute Gasteiger partial charge is 0.332 e. The van der Waals surface area contributed by atoms with Crippen LogP contribution in [0.25, 0.3) is 22.7 Å². The third-order valence-electron chi connectivity index (χ3n) is 6.15. The summed E-state index contributed by atoms with van der Waals surface area (Å²) in [7, 11) is 0. The standard InChI is InChI=1S/C27H20N2O/c1-17-11-12-22-19(13-17)14-21-23(28-22)15-25(18-7-3-2-4-8-18)29-24-10-6-5-9-20(24)27(30)16-26(21)29/h2-15,26H,16H2,1H3. The number of Topliss-reactive ketones (excluding diaryl/α,β-unsaturated/α-hetero) is 1. The summed E-state index contributed by atoms with van der Waals surface area (Å²) in [5, 5.41) is 1.12. The number of hydrogen-bond donors (Lipinski definition) is 0. The molecule has 0 bridgehead atoms.